The Morgan fingerprint density at radius 1 is 1.36 bits per heavy atom. The van der Waals surface area contributed by atoms with Crippen molar-refractivity contribution in [2.45, 2.75) is 20.3 Å². The fourth-order valence-electron chi connectivity index (χ4n) is 1.44. The van der Waals surface area contributed by atoms with Crippen LogP contribution in [-0.4, -0.2) is 37.0 Å². The quantitative estimate of drug-likeness (QED) is 0.425. The van der Waals surface area contributed by atoms with Gasteiger partial charge in [0.2, 0.25) is 0 Å². The van der Waals surface area contributed by atoms with E-state index in [4.69, 9.17) is 4.74 Å². The molecule has 0 saturated carbocycles. The summed E-state index contributed by atoms with van der Waals surface area (Å²) in [5, 5.41) is 0. The molecular weight excluding hydrogens is 182 g/mol. The largest absolute Gasteiger partial charge is 0.392 e. The van der Waals surface area contributed by atoms with Crippen molar-refractivity contribution in [1.82, 2.24) is 4.90 Å². The van der Waals surface area contributed by atoms with Gasteiger partial charge in [0.15, 0.2) is 0 Å². The van der Waals surface area contributed by atoms with E-state index in [2.05, 4.69) is 0 Å². The van der Waals surface area contributed by atoms with Gasteiger partial charge in [-0.1, -0.05) is 13.8 Å². The average Bonchev–Trinajstić information content (AvgIpc) is 2.14. The Bertz CT molecular complexity index is 240. The van der Waals surface area contributed by atoms with Gasteiger partial charge in [0, 0.05) is 0 Å². The number of esters is 2. The molecule has 1 aliphatic heterocycles. The van der Waals surface area contributed by atoms with Crippen molar-refractivity contribution in [3.05, 3.63) is 0 Å². The summed E-state index contributed by atoms with van der Waals surface area (Å²) in [6.07, 6.45) is 0.917. The molecular formula is C10H17NO3. The minimum Gasteiger partial charge on any atom is -0.392 e. The summed E-state index contributed by atoms with van der Waals surface area (Å²) in [5.41, 5.74) is 0. The lowest BCUT2D eigenvalue weighted by Crippen LogP contribution is -2.28. The Balaban J connectivity index is 2.70. The highest BCUT2D eigenvalue weighted by molar-refractivity contribution is 5.87. The summed E-state index contributed by atoms with van der Waals surface area (Å²) < 4.78 is 4.70. The summed E-state index contributed by atoms with van der Waals surface area (Å²) in [6.45, 7) is 4.85. The Hall–Kier alpha value is -0.900. The second-order valence-corrected chi connectivity index (χ2v) is 4.09. The number of nitrogens with zero attached hydrogens (tertiary/aromatic N) is 1. The van der Waals surface area contributed by atoms with E-state index in [0.717, 1.165) is 13.0 Å². The third-order valence-corrected chi connectivity index (χ3v) is 2.80. The van der Waals surface area contributed by atoms with Gasteiger partial charge in [-0.3, -0.25) is 14.5 Å². The van der Waals surface area contributed by atoms with Crippen LogP contribution < -0.4 is 0 Å². The normalized spacial score (nSPS) is 31.6. The van der Waals surface area contributed by atoms with Crippen molar-refractivity contribution in [1.29, 1.82) is 0 Å². The lowest BCUT2D eigenvalue weighted by molar-refractivity contribution is -0.163. The van der Waals surface area contributed by atoms with Crippen molar-refractivity contribution in [3.63, 3.8) is 0 Å². The summed E-state index contributed by atoms with van der Waals surface area (Å²) in [7, 11) is 1.86. The van der Waals surface area contributed by atoms with Crippen LogP contribution in [0.2, 0.25) is 0 Å². The molecule has 0 aliphatic carbocycles. The Morgan fingerprint density at radius 2 is 2.00 bits per heavy atom. The Kier molecular flexibility index (Phi) is 3.63. The third kappa shape index (κ3) is 2.80. The molecule has 2 unspecified atom stereocenters. The standard InChI is InChI=1S/C10H17NO3/c1-7-4-5-11(3)6-9(12)14-10(13)8(7)2/h7-8H,4-6H2,1-3H3. The highest BCUT2D eigenvalue weighted by Gasteiger charge is 2.26. The SMILES string of the molecule is CC1CCN(C)CC(=O)OC(=O)C1C. The van der Waals surface area contributed by atoms with Gasteiger partial charge in [0.25, 0.3) is 0 Å². The zero-order valence-corrected chi connectivity index (χ0v) is 8.95. The fraction of sp³-hybridized carbons (Fsp3) is 0.800. The van der Waals surface area contributed by atoms with Crippen LogP contribution in [-0.2, 0) is 14.3 Å². The van der Waals surface area contributed by atoms with Gasteiger partial charge >= 0.3 is 11.9 Å². The van der Waals surface area contributed by atoms with E-state index in [0.29, 0.717) is 0 Å². The topological polar surface area (TPSA) is 46.6 Å². The molecule has 0 aromatic heterocycles. The molecule has 0 N–H and O–H groups in total. The number of rotatable bonds is 0. The van der Waals surface area contributed by atoms with E-state index in [1.54, 1.807) is 0 Å². The fourth-order valence-corrected chi connectivity index (χ4v) is 1.44. The molecule has 1 saturated heterocycles. The number of hydrogen-bond donors (Lipinski definition) is 0. The average molecular weight is 199 g/mol. The molecule has 14 heavy (non-hydrogen) atoms. The van der Waals surface area contributed by atoms with E-state index in [-0.39, 0.29) is 18.4 Å². The first-order valence-electron chi connectivity index (χ1n) is 4.93. The molecule has 4 heteroatoms. The van der Waals surface area contributed by atoms with Crippen molar-refractivity contribution < 1.29 is 14.3 Å². The van der Waals surface area contributed by atoms with Crippen molar-refractivity contribution >= 4 is 11.9 Å². The molecule has 1 rings (SSSR count). The van der Waals surface area contributed by atoms with Crippen LogP contribution in [0.25, 0.3) is 0 Å². The lowest BCUT2D eigenvalue weighted by Gasteiger charge is -2.17. The zero-order chi connectivity index (χ0) is 10.7. The van der Waals surface area contributed by atoms with E-state index in [1.165, 1.54) is 0 Å². The molecule has 1 heterocycles. The highest BCUT2D eigenvalue weighted by Crippen LogP contribution is 2.18. The number of likely N-dealkylation sites (N-methyl/N-ethyl adjacent to an activating group) is 1. The monoisotopic (exact) mass is 199 g/mol. The molecule has 0 spiro atoms. The van der Waals surface area contributed by atoms with Gasteiger partial charge in [-0.2, -0.15) is 0 Å². The zero-order valence-electron chi connectivity index (χ0n) is 8.95. The van der Waals surface area contributed by atoms with Crippen LogP contribution in [0.3, 0.4) is 0 Å². The molecule has 80 valence electrons. The van der Waals surface area contributed by atoms with Crippen molar-refractivity contribution in [3.8, 4) is 0 Å². The van der Waals surface area contributed by atoms with Gasteiger partial charge in [0.1, 0.15) is 0 Å². The lowest BCUT2D eigenvalue weighted by atomic mass is 9.93. The predicted molar refractivity (Wildman–Crippen MR) is 51.5 cm³/mol. The van der Waals surface area contributed by atoms with Crippen LogP contribution in [0.15, 0.2) is 0 Å². The van der Waals surface area contributed by atoms with Crippen molar-refractivity contribution in [2.24, 2.45) is 11.8 Å². The summed E-state index contributed by atoms with van der Waals surface area (Å²) >= 11 is 0. The number of hydrogen-bond acceptors (Lipinski definition) is 4. The third-order valence-electron chi connectivity index (χ3n) is 2.80. The summed E-state index contributed by atoms with van der Waals surface area (Å²) in [5.74, 6) is -0.766. The molecule has 0 aromatic carbocycles. The number of carbonyl (C=O) groups excluding carboxylic acids is 2. The first-order chi connectivity index (χ1) is 6.50. The number of ether oxygens (including phenoxy) is 1. The van der Waals surface area contributed by atoms with E-state index in [1.807, 2.05) is 25.8 Å². The van der Waals surface area contributed by atoms with Crippen molar-refractivity contribution in [2.75, 3.05) is 20.1 Å². The molecule has 1 aliphatic rings. The van der Waals surface area contributed by atoms with E-state index < -0.39 is 11.9 Å². The molecule has 4 nitrogen and oxygen atoms in total. The van der Waals surface area contributed by atoms with E-state index >= 15 is 0 Å². The smallest absolute Gasteiger partial charge is 0.327 e. The van der Waals surface area contributed by atoms with Gasteiger partial charge < -0.3 is 4.74 Å². The van der Waals surface area contributed by atoms with Gasteiger partial charge in [-0.05, 0) is 25.9 Å². The van der Waals surface area contributed by atoms with Crippen LogP contribution in [0.4, 0.5) is 0 Å². The predicted octanol–water partition coefficient (Wildman–Crippen LogP) is 0.664. The molecule has 0 aromatic rings. The Labute approximate surface area is 84.2 Å². The maximum absolute atomic E-state index is 11.4. The van der Waals surface area contributed by atoms with Crippen LogP contribution in [0, 0.1) is 11.8 Å². The van der Waals surface area contributed by atoms with Gasteiger partial charge in [0.05, 0.1) is 12.5 Å². The Morgan fingerprint density at radius 3 is 2.64 bits per heavy atom. The first-order valence-corrected chi connectivity index (χ1v) is 4.93. The second-order valence-electron chi connectivity index (χ2n) is 4.09. The van der Waals surface area contributed by atoms with Gasteiger partial charge in [-0.25, -0.2) is 0 Å². The van der Waals surface area contributed by atoms with Crippen LogP contribution in [0.5, 0.6) is 0 Å². The molecule has 2 atom stereocenters. The minimum atomic E-state index is -0.446. The maximum Gasteiger partial charge on any atom is 0.327 e. The first kappa shape index (κ1) is 11.2. The maximum atomic E-state index is 11.4. The molecule has 0 amide bonds. The molecule has 0 bridgehead atoms. The second kappa shape index (κ2) is 4.55. The summed E-state index contributed by atoms with van der Waals surface area (Å²) in [4.78, 5) is 24.4. The number of carbonyl (C=O) groups is 2. The van der Waals surface area contributed by atoms with E-state index in [9.17, 15) is 9.59 Å². The minimum absolute atomic E-state index is 0.189. The molecule has 0 radical (unpaired) electrons. The van der Waals surface area contributed by atoms with Gasteiger partial charge in [-0.15, -0.1) is 0 Å². The summed E-state index contributed by atoms with van der Waals surface area (Å²) in [6, 6.07) is 0. The van der Waals surface area contributed by atoms with Crippen LogP contribution >= 0.6 is 0 Å². The molecule has 1 fully saturated rings. The number of cyclic esters (lactones) is 2. The van der Waals surface area contributed by atoms with Crippen LogP contribution in [0.1, 0.15) is 20.3 Å². The highest BCUT2D eigenvalue weighted by atomic mass is 16.6.